The van der Waals surface area contributed by atoms with Gasteiger partial charge in [0.05, 0.1) is 0 Å². The number of aryl methyl sites for hydroxylation is 1. The van der Waals surface area contributed by atoms with E-state index in [9.17, 15) is 19.2 Å². The Morgan fingerprint density at radius 2 is 1.50 bits per heavy atom. The second-order valence-corrected chi connectivity index (χ2v) is 6.99. The molecule has 0 aliphatic carbocycles. The van der Waals surface area contributed by atoms with Crippen LogP contribution in [0.3, 0.4) is 0 Å². The molecule has 1 atom stereocenters. The largest absolute Gasteiger partial charge is 0.454 e. The third-order valence-corrected chi connectivity index (χ3v) is 4.29. The molecule has 0 heterocycles. The van der Waals surface area contributed by atoms with Crippen LogP contribution in [0.2, 0.25) is 0 Å². The summed E-state index contributed by atoms with van der Waals surface area (Å²) in [5.74, 6) is -2.60. The van der Waals surface area contributed by atoms with Crippen molar-refractivity contribution in [3.05, 3.63) is 71.3 Å². The van der Waals surface area contributed by atoms with Crippen molar-refractivity contribution in [3.8, 4) is 0 Å². The van der Waals surface area contributed by atoms with E-state index in [2.05, 4.69) is 16.2 Å². The van der Waals surface area contributed by atoms with Crippen molar-refractivity contribution in [1.82, 2.24) is 16.2 Å². The molecule has 0 aliphatic heterocycles. The summed E-state index contributed by atoms with van der Waals surface area (Å²) in [5, 5.41) is 2.65. The number of hydrazine groups is 1. The van der Waals surface area contributed by atoms with Gasteiger partial charge in [-0.15, -0.1) is 0 Å². The van der Waals surface area contributed by atoms with Gasteiger partial charge in [-0.2, -0.15) is 0 Å². The smallest absolute Gasteiger partial charge is 0.329 e. The number of esters is 1. The van der Waals surface area contributed by atoms with Crippen molar-refractivity contribution in [2.24, 2.45) is 5.92 Å². The average molecular weight is 411 g/mol. The van der Waals surface area contributed by atoms with Crippen LogP contribution in [0, 0.1) is 12.8 Å². The zero-order valence-corrected chi connectivity index (χ0v) is 17.1. The van der Waals surface area contributed by atoms with E-state index in [1.807, 2.05) is 6.07 Å². The van der Waals surface area contributed by atoms with Gasteiger partial charge in [-0.3, -0.25) is 25.2 Å². The van der Waals surface area contributed by atoms with Gasteiger partial charge >= 0.3 is 5.97 Å². The summed E-state index contributed by atoms with van der Waals surface area (Å²) in [6.45, 7) is 4.71. The summed E-state index contributed by atoms with van der Waals surface area (Å²) in [6, 6.07) is 14.4. The molecule has 2 aromatic rings. The van der Waals surface area contributed by atoms with E-state index < -0.39 is 36.3 Å². The van der Waals surface area contributed by atoms with E-state index in [0.717, 1.165) is 5.56 Å². The second-order valence-electron chi connectivity index (χ2n) is 6.99. The van der Waals surface area contributed by atoms with Crippen LogP contribution in [0.5, 0.6) is 0 Å². The van der Waals surface area contributed by atoms with Crippen LogP contribution in [-0.2, 0) is 14.3 Å². The Labute approximate surface area is 175 Å². The van der Waals surface area contributed by atoms with Crippen LogP contribution in [0.15, 0.2) is 54.6 Å². The molecule has 0 saturated heterocycles. The van der Waals surface area contributed by atoms with Gasteiger partial charge in [-0.1, -0.05) is 50.2 Å². The minimum Gasteiger partial charge on any atom is -0.454 e. The molecule has 0 radical (unpaired) electrons. The van der Waals surface area contributed by atoms with Gasteiger partial charge in [-0.05, 0) is 36.6 Å². The highest BCUT2D eigenvalue weighted by Gasteiger charge is 2.27. The highest BCUT2D eigenvalue weighted by Crippen LogP contribution is 2.10. The summed E-state index contributed by atoms with van der Waals surface area (Å²) in [7, 11) is 0. The Kier molecular flexibility index (Phi) is 8.10. The maximum atomic E-state index is 12.5. The Hall–Kier alpha value is -3.68. The van der Waals surface area contributed by atoms with Gasteiger partial charge in [0.25, 0.3) is 17.7 Å². The molecule has 158 valence electrons. The van der Waals surface area contributed by atoms with Crippen LogP contribution in [0.1, 0.15) is 40.1 Å². The van der Waals surface area contributed by atoms with Crippen molar-refractivity contribution in [3.63, 3.8) is 0 Å². The van der Waals surface area contributed by atoms with Crippen molar-refractivity contribution in [2.75, 3.05) is 6.61 Å². The van der Waals surface area contributed by atoms with E-state index in [1.54, 1.807) is 69.3 Å². The Morgan fingerprint density at radius 1 is 0.867 bits per heavy atom. The molecule has 30 heavy (non-hydrogen) atoms. The molecule has 3 amide bonds. The molecule has 8 nitrogen and oxygen atoms in total. The first-order valence-corrected chi connectivity index (χ1v) is 9.47. The first kappa shape index (κ1) is 22.6. The standard InChI is InChI=1S/C22H25N3O5/c1-14(2)19(23-21(28)17-12-8-7-9-15(17)3)22(29)30-13-18(26)24-25-20(27)16-10-5-4-6-11-16/h4-12,14,19H,13H2,1-3H3,(H,23,28)(H,24,26)(H,25,27)/t19-/m0/s1. The number of ether oxygens (including phenoxy) is 1. The lowest BCUT2D eigenvalue weighted by atomic mass is 10.0. The molecule has 0 spiro atoms. The highest BCUT2D eigenvalue weighted by atomic mass is 16.5. The van der Waals surface area contributed by atoms with Gasteiger partial charge in [0, 0.05) is 11.1 Å². The molecule has 2 rings (SSSR count). The number of hydrogen-bond donors (Lipinski definition) is 3. The molecule has 0 saturated carbocycles. The highest BCUT2D eigenvalue weighted by molar-refractivity contribution is 5.98. The van der Waals surface area contributed by atoms with E-state index in [-0.39, 0.29) is 5.92 Å². The predicted molar refractivity (Wildman–Crippen MR) is 110 cm³/mol. The van der Waals surface area contributed by atoms with Gasteiger partial charge in [-0.25, -0.2) is 4.79 Å². The van der Waals surface area contributed by atoms with Crippen molar-refractivity contribution >= 4 is 23.7 Å². The van der Waals surface area contributed by atoms with Crippen molar-refractivity contribution in [2.45, 2.75) is 26.8 Å². The van der Waals surface area contributed by atoms with Crippen molar-refractivity contribution in [1.29, 1.82) is 0 Å². The molecule has 0 bridgehead atoms. The second kappa shape index (κ2) is 10.8. The Morgan fingerprint density at radius 3 is 2.13 bits per heavy atom. The lowest BCUT2D eigenvalue weighted by molar-refractivity contribution is -0.151. The maximum Gasteiger partial charge on any atom is 0.329 e. The number of amides is 3. The third-order valence-electron chi connectivity index (χ3n) is 4.29. The van der Waals surface area contributed by atoms with Crippen LogP contribution in [0.4, 0.5) is 0 Å². The van der Waals surface area contributed by atoms with E-state index >= 15 is 0 Å². The molecule has 0 aliphatic rings. The monoisotopic (exact) mass is 411 g/mol. The Balaban J connectivity index is 1.86. The number of benzene rings is 2. The maximum absolute atomic E-state index is 12.5. The molecule has 0 aromatic heterocycles. The topological polar surface area (TPSA) is 114 Å². The number of rotatable bonds is 7. The normalized spacial score (nSPS) is 11.3. The summed E-state index contributed by atoms with van der Waals surface area (Å²) in [4.78, 5) is 48.6. The average Bonchev–Trinajstić information content (AvgIpc) is 2.74. The van der Waals surface area contributed by atoms with Gasteiger partial charge in [0.2, 0.25) is 0 Å². The van der Waals surface area contributed by atoms with E-state index in [4.69, 9.17) is 4.74 Å². The summed E-state index contributed by atoms with van der Waals surface area (Å²) in [5.41, 5.74) is 6.01. The quantitative estimate of drug-likeness (QED) is 0.475. The zero-order valence-electron chi connectivity index (χ0n) is 17.1. The SMILES string of the molecule is Cc1ccccc1C(=O)N[C@H](C(=O)OCC(=O)NNC(=O)c1ccccc1)C(C)C. The molecule has 0 unspecified atom stereocenters. The molecule has 2 aromatic carbocycles. The fraction of sp³-hybridized carbons (Fsp3) is 0.273. The number of carbonyl (C=O) groups excluding carboxylic acids is 4. The van der Waals surface area contributed by atoms with Crippen LogP contribution >= 0.6 is 0 Å². The number of carbonyl (C=O) groups is 4. The van der Waals surface area contributed by atoms with Crippen LogP contribution < -0.4 is 16.2 Å². The van der Waals surface area contributed by atoms with Gasteiger partial charge in [0.15, 0.2) is 6.61 Å². The van der Waals surface area contributed by atoms with E-state index in [0.29, 0.717) is 11.1 Å². The van der Waals surface area contributed by atoms with Gasteiger partial charge < -0.3 is 10.1 Å². The number of hydrogen-bond acceptors (Lipinski definition) is 5. The lowest BCUT2D eigenvalue weighted by Gasteiger charge is -2.21. The van der Waals surface area contributed by atoms with Crippen LogP contribution in [-0.4, -0.2) is 36.3 Å². The third kappa shape index (κ3) is 6.44. The lowest BCUT2D eigenvalue weighted by Crippen LogP contribution is -2.47. The summed E-state index contributed by atoms with van der Waals surface area (Å²) in [6.07, 6.45) is 0. The molecule has 3 N–H and O–H groups in total. The Bertz CT molecular complexity index is 912. The number of nitrogens with one attached hydrogen (secondary N) is 3. The minimum absolute atomic E-state index is 0.258. The fourth-order valence-corrected chi connectivity index (χ4v) is 2.60. The summed E-state index contributed by atoms with van der Waals surface area (Å²) < 4.78 is 5.02. The first-order valence-electron chi connectivity index (χ1n) is 9.47. The van der Waals surface area contributed by atoms with Gasteiger partial charge in [0.1, 0.15) is 6.04 Å². The molecule has 8 heteroatoms. The van der Waals surface area contributed by atoms with E-state index in [1.165, 1.54) is 0 Å². The summed E-state index contributed by atoms with van der Waals surface area (Å²) >= 11 is 0. The minimum atomic E-state index is -0.927. The first-order chi connectivity index (χ1) is 14.3. The van der Waals surface area contributed by atoms with Crippen molar-refractivity contribution < 1.29 is 23.9 Å². The van der Waals surface area contributed by atoms with Crippen LogP contribution in [0.25, 0.3) is 0 Å². The molecular weight excluding hydrogens is 386 g/mol. The predicted octanol–water partition coefficient (Wildman–Crippen LogP) is 1.75. The molecular formula is C22H25N3O5. The molecule has 0 fully saturated rings. The fourth-order valence-electron chi connectivity index (χ4n) is 2.60. The zero-order chi connectivity index (χ0) is 22.1.